The van der Waals surface area contributed by atoms with E-state index in [9.17, 15) is 9.18 Å². The summed E-state index contributed by atoms with van der Waals surface area (Å²) in [6.45, 7) is 0.600. The summed E-state index contributed by atoms with van der Waals surface area (Å²) >= 11 is 0. The van der Waals surface area contributed by atoms with E-state index in [1.165, 1.54) is 6.07 Å². The fourth-order valence-corrected chi connectivity index (χ4v) is 4.67. The van der Waals surface area contributed by atoms with E-state index >= 15 is 0 Å². The lowest BCUT2D eigenvalue weighted by atomic mass is 9.79. The van der Waals surface area contributed by atoms with Crippen LogP contribution in [0.5, 0.6) is 11.6 Å². The minimum Gasteiger partial charge on any atom is -0.497 e. The van der Waals surface area contributed by atoms with Crippen LogP contribution in [0.1, 0.15) is 73.5 Å². The van der Waals surface area contributed by atoms with Gasteiger partial charge in [0.1, 0.15) is 11.6 Å². The summed E-state index contributed by atoms with van der Waals surface area (Å²) in [5.74, 6) is 1.50. The Hall–Kier alpha value is -2.63. The number of carbonyl (C=O) groups is 1. The Bertz CT molecular complexity index is 920. The van der Waals surface area contributed by atoms with Crippen LogP contribution < -0.4 is 9.47 Å². The molecule has 2 fully saturated rings. The van der Waals surface area contributed by atoms with E-state index < -0.39 is 5.97 Å². The van der Waals surface area contributed by atoms with Crippen LogP contribution in [-0.2, 0) is 11.2 Å². The molecule has 6 heteroatoms. The SMILES string of the molecule is COc1ccc(F)c(C2CCC(COc3nccc(CCC(=O)O)c3C3CC3)CC2)c1. The number of aromatic nitrogens is 1. The van der Waals surface area contributed by atoms with E-state index in [1.54, 1.807) is 19.4 Å². The molecule has 2 aliphatic rings. The molecule has 31 heavy (non-hydrogen) atoms. The fourth-order valence-electron chi connectivity index (χ4n) is 4.67. The van der Waals surface area contributed by atoms with Gasteiger partial charge in [-0.05, 0) is 98.1 Å². The van der Waals surface area contributed by atoms with Crippen molar-refractivity contribution >= 4 is 5.97 Å². The summed E-state index contributed by atoms with van der Waals surface area (Å²) < 4.78 is 25.7. The number of nitrogens with zero attached hydrogens (tertiary/aromatic N) is 1. The van der Waals surface area contributed by atoms with Gasteiger partial charge in [0.05, 0.1) is 13.7 Å². The zero-order chi connectivity index (χ0) is 21.8. The summed E-state index contributed by atoms with van der Waals surface area (Å²) in [4.78, 5) is 15.5. The van der Waals surface area contributed by atoms with Crippen LogP contribution in [0.25, 0.3) is 0 Å². The van der Waals surface area contributed by atoms with E-state index in [2.05, 4.69) is 4.98 Å². The fraction of sp³-hybridized carbons (Fsp3) is 0.520. The molecule has 0 radical (unpaired) electrons. The van der Waals surface area contributed by atoms with Gasteiger partial charge in [-0.2, -0.15) is 0 Å². The molecular weight excluding hydrogens is 397 g/mol. The Labute approximate surface area is 182 Å². The summed E-state index contributed by atoms with van der Waals surface area (Å²) in [7, 11) is 1.60. The Kier molecular flexibility index (Phi) is 6.73. The van der Waals surface area contributed by atoms with Crippen molar-refractivity contribution in [1.82, 2.24) is 4.98 Å². The van der Waals surface area contributed by atoms with Gasteiger partial charge in [-0.15, -0.1) is 0 Å². The van der Waals surface area contributed by atoms with Gasteiger partial charge in [-0.1, -0.05) is 0 Å². The number of pyridine rings is 1. The first kappa shape index (κ1) is 21.6. The Morgan fingerprint density at radius 3 is 2.55 bits per heavy atom. The topological polar surface area (TPSA) is 68.7 Å². The first-order valence-corrected chi connectivity index (χ1v) is 11.2. The zero-order valence-corrected chi connectivity index (χ0v) is 18.0. The number of benzene rings is 1. The van der Waals surface area contributed by atoms with Crippen molar-refractivity contribution < 1.29 is 23.8 Å². The maximum Gasteiger partial charge on any atom is 0.303 e. The van der Waals surface area contributed by atoms with Crippen molar-refractivity contribution in [3.05, 3.63) is 53.0 Å². The predicted molar refractivity (Wildman–Crippen MR) is 115 cm³/mol. The molecule has 0 unspecified atom stereocenters. The van der Waals surface area contributed by atoms with E-state index in [-0.39, 0.29) is 18.2 Å². The Morgan fingerprint density at radius 1 is 1.13 bits per heavy atom. The molecule has 0 bridgehead atoms. The van der Waals surface area contributed by atoms with Gasteiger partial charge in [0, 0.05) is 18.2 Å². The minimum absolute atomic E-state index is 0.119. The van der Waals surface area contributed by atoms with Gasteiger partial charge in [0.25, 0.3) is 0 Å². The number of rotatable bonds is 9. The lowest BCUT2D eigenvalue weighted by molar-refractivity contribution is -0.136. The highest BCUT2D eigenvalue weighted by Crippen LogP contribution is 2.46. The normalized spacial score (nSPS) is 21.0. The summed E-state index contributed by atoms with van der Waals surface area (Å²) in [5.41, 5.74) is 2.91. The molecule has 1 aromatic carbocycles. The molecule has 1 N–H and O–H groups in total. The zero-order valence-electron chi connectivity index (χ0n) is 18.0. The lowest BCUT2D eigenvalue weighted by Crippen LogP contribution is -2.20. The highest BCUT2D eigenvalue weighted by atomic mass is 19.1. The van der Waals surface area contributed by atoms with Gasteiger partial charge < -0.3 is 14.6 Å². The second-order valence-electron chi connectivity index (χ2n) is 8.77. The molecule has 1 aromatic heterocycles. The van der Waals surface area contributed by atoms with Gasteiger partial charge >= 0.3 is 5.97 Å². The third-order valence-corrected chi connectivity index (χ3v) is 6.58. The van der Waals surface area contributed by atoms with Gasteiger partial charge in [0.15, 0.2) is 0 Å². The molecule has 4 rings (SSSR count). The standard InChI is InChI=1S/C25H30FNO4/c1-30-20-9-10-22(26)21(14-20)17-4-2-16(3-5-17)15-31-25-24(18-6-7-18)19(12-13-27-25)8-11-23(28)29/h9-10,12-14,16-18H,2-8,11,15H2,1H3,(H,28,29). The molecule has 2 saturated carbocycles. The van der Waals surface area contributed by atoms with Gasteiger partial charge in [-0.25, -0.2) is 9.37 Å². The average Bonchev–Trinajstić information content (AvgIpc) is 3.62. The molecule has 2 aliphatic carbocycles. The van der Waals surface area contributed by atoms with Crippen LogP contribution in [0.15, 0.2) is 30.5 Å². The maximum atomic E-state index is 14.3. The number of aliphatic carboxylic acids is 1. The molecule has 166 valence electrons. The average molecular weight is 428 g/mol. The van der Waals surface area contributed by atoms with Gasteiger partial charge in [0.2, 0.25) is 5.88 Å². The monoisotopic (exact) mass is 427 g/mol. The molecule has 5 nitrogen and oxygen atoms in total. The molecular formula is C25H30FNO4. The van der Waals surface area contributed by atoms with Crippen LogP contribution in [0.4, 0.5) is 4.39 Å². The van der Waals surface area contributed by atoms with Crippen LogP contribution in [-0.4, -0.2) is 29.8 Å². The predicted octanol–water partition coefficient (Wildman–Crippen LogP) is 5.48. The van der Waals surface area contributed by atoms with Crippen LogP contribution in [0.2, 0.25) is 0 Å². The third-order valence-electron chi connectivity index (χ3n) is 6.58. The largest absolute Gasteiger partial charge is 0.497 e. The van der Waals surface area contributed by atoms with Crippen molar-refractivity contribution in [1.29, 1.82) is 0 Å². The van der Waals surface area contributed by atoms with Gasteiger partial charge in [-0.3, -0.25) is 4.79 Å². The summed E-state index contributed by atoms with van der Waals surface area (Å²) in [5, 5.41) is 9.04. The van der Waals surface area contributed by atoms with Crippen molar-refractivity contribution in [3.8, 4) is 11.6 Å². The Morgan fingerprint density at radius 2 is 1.87 bits per heavy atom. The second-order valence-corrected chi connectivity index (χ2v) is 8.77. The molecule has 0 amide bonds. The quantitative estimate of drug-likeness (QED) is 0.574. The van der Waals surface area contributed by atoms with Crippen molar-refractivity contribution in [2.24, 2.45) is 5.92 Å². The van der Waals surface area contributed by atoms with E-state index in [0.717, 1.165) is 55.2 Å². The maximum absolute atomic E-state index is 14.3. The third kappa shape index (κ3) is 5.35. The van der Waals surface area contributed by atoms with E-state index in [4.69, 9.17) is 14.6 Å². The highest BCUT2D eigenvalue weighted by Gasteiger charge is 2.31. The Balaban J connectivity index is 1.36. The minimum atomic E-state index is -0.787. The van der Waals surface area contributed by atoms with Crippen molar-refractivity contribution in [2.75, 3.05) is 13.7 Å². The molecule has 2 aromatic rings. The highest BCUT2D eigenvalue weighted by molar-refractivity contribution is 5.67. The molecule has 0 aliphatic heterocycles. The van der Waals surface area contributed by atoms with Crippen LogP contribution >= 0.6 is 0 Å². The number of halogens is 1. The van der Waals surface area contributed by atoms with Crippen LogP contribution in [0, 0.1) is 11.7 Å². The number of methoxy groups -OCH3 is 1. The van der Waals surface area contributed by atoms with E-state index in [0.29, 0.717) is 36.5 Å². The first-order chi connectivity index (χ1) is 15.0. The number of ether oxygens (including phenoxy) is 2. The molecule has 0 saturated heterocycles. The summed E-state index contributed by atoms with van der Waals surface area (Å²) in [6.07, 6.45) is 8.40. The second kappa shape index (κ2) is 9.67. The molecule has 0 spiro atoms. The van der Waals surface area contributed by atoms with E-state index in [1.807, 2.05) is 12.1 Å². The van der Waals surface area contributed by atoms with Crippen LogP contribution in [0.3, 0.4) is 0 Å². The number of carboxylic acids is 1. The number of hydrogen-bond acceptors (Lipinski definition) is 4. The lowest BCUT2D eigenvalue weighted by Gasteiger charge is -2.29. The molecule has 1 heterocycles. The number of carboxylic acid groups (broad SMARTS) is 1. The smallest absolute Gasteiger partial charge is 0.303 e. The number of hydrogen-bond donors (Lipinski definition) is 1. The summed E-state index contributed by atoms with van der Waals surface area (Å²) in [6, 6.07) is 6.90. The van der Waals surface area contributed by atoms with Crippen molar-refractivity contribution in [2.45, 2.75) is 63.2 Å². The van der Waals surface area contributed by atoms with Crippen molar-refractivity contribution in [3.63, 3.8) is 0 Å². The first-order valence-electron chi connectivity index (χ1n) is 11.2. The number of aryl methyl sites for hydroxylation is 1. The molecule has 0 atom stereocenters.